The molecule has 0 spiro atoms. The number of carbonyl (C=O) groups is 2. The number of ketones is 1. The predicted octanol–water partition coefficient (Wildman–Crippen LogP) is 3.46. The fraction of sp³-hybridized carbons (Fsp3) is 0.0909. The SMILES string of the molecule is COc1ccc(NC(=O)c2ccccc2C(=O)c2ccc(SC)c([N+](=O)[O-])c2)cc1S(N)(=O)=O. The van der Waals surface area contributed by atoms with Crippen LogP contribution in [-0.2, 0) is 10.0 Å². The number of hydrogen-bond donors (Lipinski definition) is 2. The molecule has 34 heavy (non-hydrogen) atoms. The maximum absolute atomic E-state index is 13.1. The zero-order valence-corrected chi connectivity index (χ0v) is 19.6. The van der Waals surface area contributed by atoms with E-state index in [0.29, 0.717) is 4.90 Å². The van der Waals surface area contributed by atoms with E-state index in [-0.39, 0.29) is 38.7 Å². The Hall–Kier alpha value is -3.74. The summed E-state index contributed by atoms with van der Waals surface area (Å²) in [6.07, 6.45) is 1.68. The Kier molecular flexibility index (Phi) is 7.35. The fourth-order valence-electron chi connectivity index (χ4n) is 3.18. The lowest BCUT2D eigenvalue weighted by atomic mass is 9.97. The highest BCUT2D eigenvalue weighted by molar-refractivity contribution is 7.98. The number of primary sulfonamides is 1. The Morgan fingerprint density at radius 3 is 2.32 bits per heavy atom. The highest BCUT2D eigenvalue weighted by Crippen LogP contribution is 2.30. The molecule has 0 aliphatic carbocycles. The number of thioether (sulfide) groups is 1. The van der Waals surface area contributed by atoms with Crippen LogP contribution in [0.3, 0.4) is 0 Å². The van der Waals surface area contributed by atoms with Crippen LogP contribution in [0.15, 0.2) is 70.5 Å². The van der Waals surface area contributed by atoms with Crippen LogP contribution >= 0.6 is 11.8 Å². The summed E-state index contributed by atoms with van der Waals surface area (Å²) in [7, 11) is -2.85. The minimum Gasteiger partial charge on any atom is -0.495 e. The average molecular weight is 502 g/mol. The number of nitro benzene ring substituents is 1. The zero-order valence-electron chi connectivity index (χ0n) is 18.0. The molecule has 12 heteroatoms. The number of sulfonamides is 1. The van der Waals surface area contributed by atoms with Gasteiger partial charge in [0.1, 0.15) is 10.6 Å². The van der Waals surface area contributed by atoms with Crippen molar-refractivity contribution in [2.24, 2.45) is 5.14 Å². The molecule has 0 unspecified atom stereocenters. The number of amides is 1. The summed E-state index contributed by atoms with van der Waals surface area (Å²) >= 11 is 1.18. The van der Waals surface area contributed by atoms with E-state index in [1.54, 1.807) is 18.4 Å². The number of nitrogens with two attached hydrogens (primary N) is 1. The first-order chi connectivity index (χ1) is 16.1. The largest absolute Gasteiger partial charge is 0.495 e. The molecule has 3 N–H and O–H groups in total. The standard InChI is InChI=1S/C22H19N3O7S2/c1-32-18-9-8-14(12-20(18)34(23,30)31)24-22(27)16-6-4-3-5-15(16)21(26)13-7-10-19(33-2)17(11-13)25(28)29/h3-12H,1-2H3,(H,24,27)(H2,23,30,31). The Morgan fingerprint density at radius 1 is 1.06 bits per heavy atom. The average Bonchev–Trinajstić information content (AvgIpc) is 2.82. The van der Waals surface area contributed by atoms with Gasteiger partial charge in [0.15, 0.2) is 5.78 Å². The van der Waals surface area contributed by atoms with Crippen LogP contribution in [-0.4, -0.2) is 38.4 Å². The topological polar surface area (TPSA) is 159 Å². The molecule has 1 amide bonds. The summed E-state index contributed by atoms with van der Waals surface area (Å²) in [6, 6.07) is 13.9. The molecule has 0 aromatic heterocycles. The van der Waals surface area contributed by atoms with Crippen molar-refractivity contribution in [3.8, 4) is 5.75 Å². The molecule has 176 valence electrons. The van der Waals surface area contributed by atoms with E-state index in [0.717, 1.165) is 6.07 Å². The van der Waals surface area contributed by atoms with E-state index < -0.39 is 26.6 Å². The molecule has 0 saturated carbocycles. The predicted molar refractivity (Wildman–Crippen MR) is 127 cm³/mol. The van der Waals surface area contributed by atoms with Crippen LogP contribution in [0.1, 0.15) is 26.3 Å². The minimum atomic E-state index is -4.13. The summed E-state index contributed by atoms with van der Waals surface area (Å²) < 4.78 is 28.7. The number of methoxy groups -OCH3 is 1. The first-order valence-electron chi connectivity index (χ1n) is 9.55. The molecule has 0 heterocycles. The van der Waals surface area contributed by atoms with Gasteiger partial charge in [0.05, 0.1) is 22.5 Å². The summed E-state index contributed by atoms with van der Waals surface area (Å²) in [5.74, 6) is -1.27. The molecule has 0 aliphatic heterocycles. The monoisotopic (exact) mass is 501 g/mol. The molecule has 10 nitrogen and oxygen atoms in total. The van der Waals surface area contributed by atoms with Crippen LogP contribution in [0, 0.1) is 10.1 Å². The molecule has 0 aliphatic rings. The van der Waals surface area contributed by atoms with Gasteiger partial charge >= 0.3 is 0 Å². The van der Waals surface area contributed by atoms with Crippen molar-refractivity contribution >= 4 is 44.9 Å². The molecule has 0 saturated heterocycles. The molecule has 0 bridgehead atoms. The van der Waals surface area contributed by atoms with E-state index in [1.807, 2.05) is 0 Å². The summed E-state index contributed by atoms with van der Waals surface area (Å²) in [5, 5.41) is 19.1. The van der Waals surface area contributed by atoms with Gasteiger partial charge in [0.25, 0.3) is 11.6 Å². The van der Waals surface area contributed by atoms with Gasteiger partial charge < -0.3 is 10.1 Å². The second kappa shape index (κ2) is 10.0. The summed E-state index contributed by atoms with van der Waals surface area (Å²) in [5.41, 5.74) is -0.0414. The third-order valence-corrected chi connectivity index (χ3v) is 6.50. The number of nitrogens with zero attached hydrogens (tertiary/aromatic N) is 1. The van der Waals surface area contributed by atoms with E-state index in [4.69, 9.17) is 9.88 Å². The van der Waals surface area contributed by atoms with Crippen molar-refractivity contribution in [2.45, 2.75) is 9.79 Å². The van der Waals surface area contributed by atoms with Crippen LogP contribution in [0.2, 0.25) is 0 Å². The normalized spacial score (nSPS) is 11.0. The Bertz CT molecular complexity index is 1410. The van der Waals surface area contributed by atoms with E-state index in [2.05, 4.69) is 5.32 Å². The molecular formula is C22H19N3O7S2. The molecule has 3 rings (SSSR count). The van der Waals surface area contributed by atoms with Crippen molar-refractivity contribution in [2.75, 3.05) is 18.7 Å². The highest BCUT2D eigenvalue weighted by atomic mass is 32.2. The molecule has 3 aromatic rings. The third-order valence-electron chi connectivity index (χ3n) is 4.78. The second-order valence-electron chi connectivity index (χ2n) is 6.88. The van der Waals surface area contributed by atoms with Crippen LogP contribution < -0.4 is 15.2 Å². The van der Waals surface area contributed by atoms with Crippen LogP contribution in [0.4, 0.5) is 11.4 Å². The van der Waals surface area contributed by atoms with Gasteiger partial charge in [-0.2, -0.15) is 0 Å². The van der Waals surface area contributed by atoms with Crippen molar-refractivity contribution in [1.82, 2.24) is 0 Å². The zero-order chi connectivity index (χ0) is 25.0. The lowest BCUT2D eigenvalue weighted by molar-refractivity contribution is -0.387. The third kappa shape index (κ3) is 5.25. The highest BCUT2D eigenvalue weighted by Gasteiger charge is 2.23. The molecule has 0 radical (unpaired) electrons. The quantitative estimate of drug-likeness (QED) is 0.205. The van der Waals surface area contributed by atoms with Gasteiger partial charge in [0.2, 0.25) is 10.0 Å². The van der Waals surface area contributed by atoms with Gasteiger partial charge in [-0.3, -0.25) is 19.7 Å². The molecule has 0 atom stereocenters. The van der Waals surface area contributed by atoms with E-state index >= 15 is 0 Å². The smallest absolute Gasteiger partial charge is 0.283 e. The maximum Gasteiger partial charge on any atom is 0.283 e. The molecule has 0 fully saturated rings. The Balaban J connectivity index is 1.97. The van der Waals surface area contributed by atoms with Gasteiger partial charge in [0, 0.05) is 22.9 Å². The van der Waals surface area contributed by atoms with E-state index in [1.165, 1.54) is 61.3 Å². The number of carbonyl (C=O) groups excluding carboxylic acids is 2. The van der Waals surface area contributed by atoms with Gasteiger partial charge in [-0.15, -0.1) is 11.8 Å². The summed E-state index contributed by atoms with van der Waals surface area (Å²) in [6.45, 7) is 0. The second-order valence-corrected chi connectivity index (χ2v) is 9.26. The Morgan fingerprint density at radius 2 is 1.74 bits per heavy atom. The van der Waals surface area contributed by atoms with Crippen molar-refractivity contribution < 1.29 is 27.7 Å². The minimum absolute atomic E-state index is 0.00271. The molecular weight excluding hydrogens is 482 g/mol. The Labute approximate surface area is 199 Å². The van der Waals surface area contributed by atoms with E-state index in [9.17, 15) is 28.1 Å². The number of rotatable bonds is 8. The number of hydrogen-bond acceptors (Lipinski definition) is 8. The van der Waals surface area contributed by atoms with Crippen LogP contribution in [0.5, 0.6) is 5.75 Å². The van der Waals surface area contributed by atoms with Crippen molar-refractivity contribution in [3.05, 3.63) is 87.5 Å². The fourth-order valence-corrected chi connectivity index (χ4v) is 4.45. The van der Waals surface area contributed by atoms with Crippen LogP contribution in [0.25, 0.3) is 0 Å². The number of benzene rings is 3. The van der Waals surface area contributed by atoms with Gasteiger partial charge in [-0.1, -0.05) is 18.2 Å². The number of nitrogens with one attached hydrogen (secondary N) is 1. The molecule has 3 aromatic carbocycles. The summed E-state index contributed by atoms with van der Waals surface area (Å²) in [4.78, 5) is 37.0. The number of nitro groups is 1. The number of anilines is 1. The lowest BCUT2D eigenvalue weighted by Gasteiger charge is -2.12. The first-order valence-corrected chi connectivity index (χ1v) is 12.3. The van der Waals surface area contributed by atoms with Crippen molar-refractivity contribution in [1.29, 1.82) is 0 Å². The number of ether oxygens (including phenoxy) is 1. The lowest BCUT2D eigenvalue weighted by Crippen LogP contribution is -2.18. The van der Waals surface area contributed by atoms with Gasteiger partial charge in [-0.05, 0) is 42.7 Å². The first kappa shape index (κ1) is 24.9. The van der Waals surface area contributed by atoms with Gasteiger partial charge in [-0.25, -0.2) is 13.6 Å². The maximum atomic E-state index is 13.1. The van der Waals surface area contributed by atoms with Crippen molar-refractivity contribution in [3.63, 3.8) is 0 Å².